The molecular formula is C27H20Cl2F3N3O3. The lowest BCUT2D eigenvalue weighted by Crippen LogP contribution is -2.25. The molecule has 0 atom stereocenters. The van der Waals surface area contributed by atoms with Gasteiger partial charge in [-0.1, -0.05) is 47.5 Å². The molecule has 1 heterocycles. The largest absolute Gasteiger partial charge is 0.481 e. The number of amides is 1. The van der Waals surface area contributed by atoms with Crippen molar-refractivity contribution in [3.8, 4) is 22.5 Å². The van der Waals surface area contributed by atoms with Crippen molar-refractivity contribution in [1.29, 1.82) is 0 Å². The first kappa shape index (κ1) is 27.2. The number of aromatic nitrogens is 2. The molecule has 38 heavy (non-hydrogen) atoms. The number of carbonyl (C=O) groups is 2. The van der Waals surface area contributed by atoms with Gasteiger partial charge in [-0.2, -0.15) is 18.3 Å². The second-order valence-corrected chi connectivity index (χ2v) is 9.28. The van der Waals surface area contributed by atoms with Gasteiger partial charge in [0.25, 0.3) is 5.91 Å². The van der Waals surface area contributed by atoms with Gasteiger partial charge in [0.1, 0.15) is 0 Å². The van der Waals surface area contributed by atoms with Crippen molar-refractivity contribution in [2.24, 2.45) is 0 Å². The molecule has 0 saturated carbocycles. The summed E-state index contributed by atoms with van der Waals surface area (Å²) in [7, 11) is 0. The standard InChI is InChI=1S/C27H20Cl2F3N3O3/c28-21-11-19(12-22(29)13-21)23-14-24(17-5-7-20(8-6-17)27(30,31)32)35(34-23)15-16-1-3-18(4-2-16)26(38)33-10-9-25(36)37/h1-8,11-14H,9-10,15H2,(H,33,38)(H,36,37). The number of nitrogens with zero attached hydrogens (tertiary/aromatic N) is 2. The topological polar surface area (TPSA) is 84.2 Å². The van der Waals surface area contributed by atoms with Crippen LogP contribution in [0.5, 0.6) is 0 Å². The second-order valence-electron chi connectivity index (χ2n) is 8.40. The molecule has 0 radical (unpaired) electrons. The molecule has 1 aromatic heterocycles. The molecule has 0 fully saturated rings. The predicted octanol–water partition coefficient (Wildman–Crippen LogP) is 6.80. The van der Waals surface area contributed by atoms with E-state index in [1.54, 1.807) is 53.2 Å². The first-order chi connectivity index (χ1) is 18.0. The van der Waals surface area contributed by atoms with Crippen LogP contribution in [-0.4, -0.2) is 33.3 Å². The van der Waals surface area contributed by atoms with Gasteiger partial charge in [0, 0.05) is 27.7 Å². The minimum atomic E-state index is -4.46. The molecule has 11 heteroatoms. The summed E-state index contributed by atoms with van der Waals surface area (Å²) in [5.74, 6) is -1.41. The average molecular weight is 562 g/mol. The van der Waals surface area contributed by atoms with Gasteiger partial charge in [-0.3, -0.25) is 14.3 Å². The van der Waals surface area contributed by atoms with E-state index in [-0.39, 0.29) is 19.5 Å². The summed E-state index contributed by atoms with van der Waals surface area (Å²) in [6.45, 7) is 0.265. The first-order valence-corrected chi connectivity index (χ1v) is 12.1. The maximum Gasteiger partial charge on any atom is 0.416 e. The van der Waals surface area contributed by atoms with Gasteiger partial charge in [0.15, 0.2) is 0 Å². The molecule has 0 aliphatic rings. The smallest absolute Gasteiger partial charge is 0.416 e. The Morgan fingerprint density at radius 3 is 2.11 bits per heavy atom. The number of rotatable bonds is 8. The van der Waals surface area contributed by atoms with Crippen LogP contribution < -0.4 is 5.32 Å². The predicted molar refractivity (Wildman–Crippen MR) is 138 cm³/mol. The van der Waals surface area contributed by atoms with Crippen molar-refractivity contribution in [3.63, 3.8) is 0 Å². The molecule has 0 bridgehead atoms. The van der Waals surface area contributed by atoms with E-state index >= 15 is 0 Å². The lowest BCUT2D eigenvalue weighted by molar-refractivity contribution is -0.138. The number of carboxylic acid groups (broad SMARTS) is 1. The molecule has 2 N–H and O–H groups in total. The Morgan fingerprint density at radius 2 is 1.53 bits per heavy atom. The number of hydrogen-bond donors (Lipinski definition) is 2. The van der Waals surface area contributed by atoms with E-state index in [4.69, 9.17) is 28.3 Å². The summed E-state index contributed by atoms with van der Waals surface area (Å²) in [4.78, 5) is 22.9. The van der Waals surface area contributed by atoms with Crippen LogP contribution in [0.1, 0.15) is 27.9 Å². The first-order valence-electron chi connectivity index (χ1n) is 11.3. The number of halogens is 5. The average Bonchev–Trinajstić information content (AvgIpc) is 3.27. The van der Waals surface area contributed by atoms with Crippen LogP contribution in [0.3, 0.4) is 0 Å². The number of carbonyl (C=O) groups excluding carboxylic acids is 1. The zero-order valence-electron chi connectivity index (χ0n) is 19.6. The van der Waals surface area contributed by atoms with Crippen molar-refractivity contribution in [2.75, 3.05) is 6.54 Å². The quantitative estimate of drug-likeness (QED) is 0.248. The SMILES string of the molecule is O=C(O)CCNC(=O)c1ccc(Cn2nc(-c3cc(Cl)cc(Cl)c3)cc2-c2ccc(C(F)(F)F)cc2)cc1. The molecule has 0 saturated heterocycles. The Balaban J connectivity index is 1.64. The number of hydrogen-bond acceptors (Lipinski definition) is 3. The van der Waals surface area contributed by atoms with Crippen molar-refractivity contribution in [2.45, 2.75) is 19.1 Å². The molecule has 0 aliphatic heterocycles. The molecule has 0 spiro atoms. The van der Waals surface area contributed by atoms with Crippen molar-refractivity contribution < 1.29 is 27.9 Å². The van der Waals surface area contributed by atoms with Crippen LogP contribution in [-0.2, 0) is 17.5 Å². The summed E-state index contributed by atoms with van der Waals surface area (Å²) in [6.07, 6.45) is -4.64. The van der Waals surface area contributed by atoms with Gasteiger partial charge in [0.05, 0.1) is 29.9 Å². The van der Waals surface area contributed by atoms with E-state index in [2.05, 4.69) is 10.4 Å². The number of alkyl halides is 3. The van der Waals surface area contributed by atoms with E-state index in [1.165, 1.54) is 12.1 Å². The van der Waals surface area contributed by atoms with E-state index in [0.717, 1.165) is 17.7 Å². The van der Waals surface area contributed by atoms with Gasteiger partial charge in [0.2, 0.25) is 0 Å². The highest BCUT2D eigenvalue weighted by Crippen LogP contribution is 2.33. The normalized spacial score (nSPS) is 11.4. The van der Waals surface area contributed by atoms with Gasteiger partial charge < -0.3 is 10.4 Å². The second kappa shape index (κ2) is 11.3. The Morgan fingerprint density at radius 1 is 0.895 bits per heavy atom. The molecule has 4 aromatic rings. The van der Waals surface area contributed by atoms with Gasteiger partial charge in [-0.05, 0) is 59.7 Å². The lowest BCUT2D eigenvalue weighted by Gasteiger charge is -2.10. The van der Waals surface area contributed by atoms with Crippen LogP contribution in [0, 0.1) is 0 Å². The highest BCUT2D eigenvalue weighted by molar-refractivity contribution is 6.35. The van der Waals surface area contributed by atoms with Crippen LogP contribution in [0.2, 0.25) is 10.0 Å². The van der Waals surface area contributed by atoms with E-state index in [0.29, 0.717) is 38.1 Å². The van der Waals surface area contributed by atoms with Crippen molar-refractivity contribution >= 4 is 35.1 Å². The number of nitrogens with one attached hydrogen (secondary N) is 1. The Bertz CT molecular complexity index is 1450. The Hall–Kier alpha value is -3.82. The van der Waals surface area contributed by atoms with Crippen molar-refractivity contribution in [3.05, 3.63) is 99.5 Å². The highest BCUT2D eigenvalue weighted by atomic mass is 35.5. The van der Waals surface area contributed by atoms with E-state index in [9.17, 15) is 22.8 Å². The molecule has 4 rings (SSSR count). The summed E-state index contributed by atoms with van der Waals surface area (Å²) < 4.78 is 40.9. The van der Waals surface area contributed by atoms with E-state index < -0.39 is 23.6 Å². The molecular weight excluding hydrogens is 542 g/mol. The monoisotopic (exact) mass is 561 g/mol. The fourth-order valence-electron chi connectivity index (χ4n) is 3.76. The maximum absolute atomic E-state index is 13.1. The number of benzene rings is 3. The summed E-state index contributed by atoms with van der Waals surface area (Å²) in [5.41, 5.74) is 2.64. The summed E-state index contributed by atoms with van der Waals surface area (Å²) in [5, 5.41) is 16.7. The van der Waals surface area contributed by atoms with Crippen LogP contribution in [0.15, 0.2) is 72.8 Å². The Labute approximate surface area is 225 Å². The molecule has 3 aromatic carbocycles. The summed E-state index contributed by atoms with van der Waals surface area (Å²) >= 11 is 12.3. The van der Waals surface area contributed by atoms with Gasteiger partial charge in [-0.15, -0.1) is 0 Å². The third kappa shape index (κ3) is 6.73. The van der Waals surface area contributed by atoms with Crippen LogP contribution in [0.4, 0.5) is 13.2 Å². The molecule has 196 valence electrons. The lowest BCUT2D eigenvalue weighted by atomic mass is 10.1. The molecule has 6 nitrogen and oxygen atoms in total. The summed E-state index contributed by atoms with van der Waals surface area (Å²) in [6, 6.07) is 18.2. The van der Waals surface area contributed by atoms with Gasteiger partial charge in [-0.25, -0.2) is 0 Å². The minimum absolute atomic E-state index is 0.00991. The molecule has 1 amide bonds. The number of carboxylic acids is 1. The zero-order chi connectivity index (χ0) is 27.4. The fourth-order valence-corrected chi connectivity index (χ4v) is 4.29. The zero-order valence-corrected chi connectivity index (χ0v) is 21.1. The van der Waals surface area contributed by atoms with Crippen LogP contribution in [0.25, 0.3) is 22.5 Å². The Kier molecular flexibility index (Phi) is 8.08. The fraction of sp³-hybridized carbons (Fsp3) is 0.148. The number of aliphatic carboxylic acids is 1. The third-order valence-corrected chi connectivity index (χ3v) is 6.06. The van der Waals surface area contributed by atoms with E-state index in [1.807, 2.05) is 0 Å². The third-order valence-electron chi connectivity index (χ3n) is 5.62. The minimum Gasteiger partial charge on any atom is -0.481 e. The molecule has 0 aliphatic carbocycles. The highest BCUT2D eigenvalue weighted by Gasteiger charge is 2.30. The maximum atomic E-state index is 13.1. The van der Waals surface area contributed by atoms with Crippen molar-refractivity contribution in [1.82, 2.24) is 15.1 Å². The molecule has 0 unspecified atom stereocenters. The van der Waals surface area contributed by atoms with Crippen LogP contribution >= 0.6 is 23.2 Å². The van der Waals surface area contributed by atoms with Gasteiger partial charge >= 0.3 is 12.1 Å².